The van der Waals surface area contributed by atoms with Gasteiger partial charge < -0.3 is 14.5 Å². The summed E-state index contributed by atoms with van der Waals surface area (Å²) >= 11 is 6.60. The molecule has 0 aliphatic carbocycles. The smallest absolute Gasteiger partial charge is 0.340 e. The highest BCUT2D eigenvalue weighted by molar-refractivity contribution is 7.92. The molecule has 3 N–H and O–H groups in total. The number of nitrogens with one attached hydrogen (secondary N) is 1. The quantitative estimate of drug-likeness (QED) is 0.331. The van der Waals surface area contributed by atoms with Gasteiger partial charge >= 0.3 is 7.60 Å². The minimum absolute atomic E-state index is 0.00904. The molecular weight excluding hydrogens is 397 g/mol. The van der Waals surface area contributed by atoms with E-state index in [0.29, 0.717) is 28.3 Å². The number of alkyl halides is 1. The Morgan fingerprint density at radius 3 is 2.67 bits per heavy atom. The predicted octanol–water partition coefficient (Wildman–Crippen LogP) is 2.71. The molecule has 0 saturated carbocycles. The van der Waals surface area contributed by atoms with E-state index in [1.807, 2.05) is 4.72 Å². The van der Waals surface area contributed by atoms with Gasteiger partial charge in [0.1, 0.15) is 16.2 Å². The fraction of sp³-hybridized carbons (Fsp3) is 0.385. The molecule has 24 heavy (non-hydrogen) atoms. The van der Waals surface area contributed by atoms with Crippen molar-refractivity contribution >= 4 is 50.6 Å². The van der Waals surface area contributed by atoms with Crippen LogP contribution in [0.1, 0.15) is 12.8 Å². The molecule has 1 aromatic heterocycles. The van der Waals surface area contributed by atoms with Crippen LogP contribution in [-0.4, -0.2) is 37.0 Å². The molecule has 0 radical (unpaired) electrons. The first-order chi connectivity index (χ1) is 11.2. The van der Waals surface area contributed by atoms with E-state index in [0.717, 1.165) is 24.2 Å². The van der Waals surface area contributed by atoms with Gasteiger partial charge in [0.2, 0.25) is 0 Å². The largest absolute Gasteiger partial charge is 0.494 e. The predicted molar refractivity (Wildman–Crippen MR) is 94.5 cm³/mol. The number of hydrogen-bond donors (Lipinski definition) is 3. The summed E-state index contributed by atoms with van der Waals surface area (Å²) in [6.45, 7) is 0.526. The first-order valence-corrected chi connectivity index (χ1v) is 11.6. The lowest BCUT2D eigenvalue weighted by Crippen LogP contribution is -2.23. The van der Waals surface area contributed by atoms with Crippen LogP contribution >= 0.6 is 30.5 Å². The van der Waals surface area contributed by atoms with Crippen molar-refractivity contribution in [3.05, 3.63) is 24.3 Å². The van der Waals surface area contributed by atoms with Crippen molar-refractivity contribution < 1.29 is 27.5 Å². The molecule has 134 valence electrons. The molecule has 0 bridgehead atoms. The minimum atomic E-state index is -4.46. The summed E-state index contributed by atoms with van der Waals surface area (Å²) in [5.41, 5.74) is 0. The summed E-state index contributed by atoms with van der Waals surface area (Å²) in [6.07, 6.45) is 0.757. The van der Waals surface area contributed by atoms with E-state index in [1.165, 1.54) is 6.07 Å². The Hall–Kier alpha value is -0.670. The number of ether oxygens (including phenoxy) is 1. The van der Waals surface area contributed by atoms with Crippen molar-refractivity contribution in [3.8, 4) is 5.75 Å². The topological polar surface area (TPSA) is 113 Å². The van der Waals surface area contributed by atoms with E-state index in [2.05, 4.69) is 0 Å². The summed E-state index contributed by atoms with van der Waals surface area (Å²) in [6, 6.07) is 6.68. The van der Waals surface area contributed by atoms with Crippen LogP contribution in [0.5, 0.6) is 5.75 Å². The van der Waals surface area contributed by atoms with Crippen molar-refractivity contribution in [1.29, 1.82) is 0 Å². The highest BCUT2D eigenvalue weighted by Gasteiger charge is 2.22. The van der Waals surface area contributed by atoms with Gasteiger partial charge in [0.25, 0.3) is 10.0 Å². The number of benzene rings is 1. The van der Waals surface area contributed by atoms with Crippen LogP contribution in [0, 0.1) is 0 Å². The van der Waals surface area contributed by atoms with E-state index in [-0.39, 0.29) is 4.21 Å². The number of unbranched alkanes of at least 4 members (excludes halogenated alkanes) is 1. The molecule has 7 nitrogen and oxygen atoms in total. The maximum Gasteiger partial charge on any atom is 0.340 e. The second-order valence-electron chi connectivity index (χ2n) is 4.98. The molecule has 11 heteroatoms. The van der Waals surface area contributed by atoms with Crippen molar-refractivity contribution in [2.75, 3.05) is 18.8 Å². The second-order valence-corrected chi connectivity index (χ2v) is 10.1. The molecule has 1 aromatic carbocycles. The van der Waals surface area contributed by atoms with Crippen LogP contribution in [0.15, 0.2) is 28.5 Å². The maximum atomic E-state index is 12.1. The van der Waals surface area contributed by atoms with Gasteiger partial charge in [-0.2, -0.15) is 4.72 Å². The van der Waals surface area contributed by atoms with Crippen molar-refractivity contribution in [2.24, 2.45) is 0 Å². The molecule has 2 aromatic rings. The fourth-order valence-corrected chi connectivity index (χ4v) is 5.51. The van der Waals surface area contributed by atoms with Gasteiger partial charge in [-0.05, 0) is 42.5 Å². The first kappa shape index (κ1) is 19.7. The van der Waals surface area contributed by atoms with Crippen LogP contribution in [0.2, 0.25) is 0 Å². The van der Waals surface area contributed by atoms with Crippen LogP contribution in [0.25, 0.3) is 10.1 Å². The van der Waals surface area contributed by atoms with E-state index < -0.39 is 23.9 Å². The highest BCUT2D eigenvalue weighted by Crippen LogP contribution is 2.35. The molecular formula is C13H17ClNO6PS2. The van der Waals surface area contributed by atoms with Gasteiger partial charge in [0, 0.05) is 10.6 Å². The number of hydrogen-bond acceptors (Lipinski definition) is 5. The zero-order valence-corrected chi connectivity index (χ0v) is 15.8. The van der Waals surface area contributed by atoms with Crippen LogP contribution < -0.4 is 9.46 Å². The average molecular weight is 414 g/mol. The Balaban J connectivity index is 2.14. The van der Waals surface area contributed by atoms with Gasteiger partial charge in [-0.25, -0.2) is 8.42 Å². The highest BCUT2D eigenvalue weighted by atomic mass is 35.5. The first-order valence-electron chi connectivity index (χ1n) is 6.98. The van der Waals surface area contributed by atoms with Crippen LogP contribution in [0.4, 0.5) is 0 Å². The molecule has 0 aliphatic rings. The molecule has 0 spiro atoms. The lowest BCUT2D eigenvalue weighted by atomic mass is 10.2. The summed E-state index contributed by atoms with van der Waals surface area (Å²) in [4.78, 5) is 17.6. The Bertz CT molecular complexity index is 847. The van der Waals surface area contributed by atoms with Gasteiger partial charge in [0.05, 0.1) is 6.61 Å². The second kappa shape index (κ2) is 8.14. The van der Waals surface area contributed by atoms with E-state index in [1.54, 1.807) is 18.2 Å². The lowest BCUT2D eigenvalue weighted by molar-refractivity contribution is 0.310. The molecule has 2 rings (SSSR count). The zero-order valence-electron chi connectivity index (χ0n) is 12.5. The van der Waals surface area contributed by atoms with Crippen LogP contribution in [0.3, 0.4) is 0 Å². The summed E-state index contributed by atoms with van der Waals surface area (Å²) in [7, 11) is -8.43. The molecule has 0 atom stereocenters. The van der Waals surface area contributed by atoms with E-state index >= 15 is 0 Å². The Morgan fingerprint density at radius 2 is 2.00 bits per heavy atom. The normalized spacial score (nSPS) is 12.6. The van der Waals surface area contributed by atoms with E-state index in [9.17, 15) is 13.0 Å². The van der Waals surface area contributed by atoms with Crippen molar-refractivity contribution in [3.63, 3.8) is 0 Å². The van der Waals surface area contributed by atoms with Gasteiger partial charge in [-0.3, -0.25) is 4.57 Å². The van der Waals surface area contributed by atoms with Crippen molar-refractivity contribution in [1.82, 2.24) is 4.72 Å². The summed E-state index contributed by atoms with van der Waals surface area (Å²) in [5, 5.41) is 0.713. The summed E-state index contributed by atoms with van der Waals surface area (Å²) in [5.74, 6) is 1.21. The summed E-state index contributed by atoms with van der Waals surface area (Å²) < 4.78 is 43.2. The van der Waals surface area contributed by atoms with Gasteiger partial charge in [0.15, 0.2) is 0 Å². The number of sulfonamides is 1. The maximum absolute atomic E-state index is 12.1. The number of thiophene rings is 1. The third kappa shape index (κ3) is 5.70. The standard InChI is InChI=1S/C13H17ClNO6PS2/c14-5-1-2-6-21-11-4-3-10-7-13(23-12(10)8-11)24(19,20)15-9-22(16,17)18/h3-4,7-8,15H,1-2,5-6,9H2,(H2,16,17,18). The monoisotopic (exact) mass is 413 g/mol. The molecule has 0 saturated heterocycles. The number of halogens is 1. The molecule has 0 unspecified atom stereocenters. The van der Waals surface area contributed by atoms with Gasteiger partial charge in [-0.15, -0.1) is 22.9 Å². The third-order valence-electron chi connectivity index (χ3n) is 2.99. The SMILES string of the molecule is O=P(O)(O)CNS(=O)(=O)c1cc2ccc(OCCCCCl)cc2s1. The molecule has 0 aliphatic heterocycles. The van der Waals surface area contributed by atoms with Gasteiger partial charge in [-0.1, -0.05) is 0 Å². The Kier molecular flexibility index (Phi) is 6.66. The minimum Gasteiger partial charge on any atom is -0.494 e. The van der Waals surface area contributed by atoms with Crippen LogP contribution in [-0.2, 0) is 14.6 Å². The Morgan fingerprint density at radius 1 is 1.25 bits per heavy atom. The third-order valence-corrected chi connectivity index (χ3v) is 7.01. The molecule has 1 heterocycles. The lowest BCUT2D eigenvalue weighted by Gasteiger charge is -2.05. The molecule has 0 fully saturated rings. The zero-order chi connectivity index (χ0) is 17.8. The number of fused-ring (bicyclic) bond motifs is 1. The average Bonchev–Trinajstić information content (AvgIpc) is 2.93. The Labute approximate surface area is 148 Å². The molecule has 0 amide bonds. The van der Waals surface area contributed by atoms with E-state index in [4.69, 9.17) is 26.1 Å². The fourth-order valence-electron chi connectivity index (χ4n) is 1.84. The van der Waals surface area contributed by atoms with Crippen molar-refractivity contribution in [2.45, 2.75) is 17.1 Å². The number of rotatable bonds is 9.